The number of aromatic amines is 2. The first-order valence-electron chi connectivity index (χ1n) is 8.07. The molecule has 5 heterocycles. The molecule has 26 heavy (non-hydrogen) atoms. The van der Waals surface area contributed by atoms with Gasteiger partial charge in [-0.2, -0.15) is 0 Å². The maximum Gasteiger partial charge on any atom is 0.0796 e. The molecule has 6 heteroatoms. The molecule has 0 unspecified atom stereocenters. The normalized spacial score (nSPS) is 17.2. The summed E-state index contributed by atoms with van der Waals surface area (Å²) in [5.74, 6) is 0. The minimum absolute atomic E-state index is 0. The first kappa shape index (κ1) is 16.4. The van der Waals surface area contributed by atoms with Crippen LogP contribution in [0.1, 0.15) is 11.4 Å². The zero-order valence-corrected chi connectivity index (χ0v) is 15.0. The fourth-order valence-electron chi connectivity index (χ4n) is 3.08. The summed E-state index contributed by atoms with van der Waals surface area (Å²) in [5.41, 5.74) is 5.85. The minimum atomic E-state index is 0. The summed E-state index contributed by atoms with van der Waals surface area (Å²) in [6.07, 6.45) is 13.7. The van der Waals surface area contributed by atoms with Crippen molar-refractivity contribution in [1.82, 2.24) is 15.3 Å². The van der Waals surface area contributed by atoms with Gasteiger partial charge in [-0.1, -0.05) is 0 Å². The van der Waals surface area contributed by atoms with Crippen LogP contribution in [-0.2, 0) is 0 Å². The molecule has 123 valence electrons. The molecule has 5 rings (SSSR count). The van der Waals surface area contributed by atoms with Crippen molar-refractivity contribution in [3.8, 4) is 0 Å². The van der Waals surface area contributed by atoms with Crippen molar-refractivity contribution in [3.05, 3.63) is 87.7 Å². The number of aromatic nitrogens is 2. The molecular weight excluding hydrogens is 337 g/mol. The molecule has 2 aromatic rings. The van der Waals surface area contributed by atoms with E-state index in [1.165, 1.54) is 0 Å². The van der Waals surface area contributed by atoms with E-state index in [0.717, 1.165) is 44.9 Å². The fraction of sp³-hybridized carbons (Fsp3) is 0. The Hall–Kier alpha value is -3.07. The van der Waals surface area contributed by atoms with E-state index in [4.69, 9.17) is 5.41 Å². The van der Waals surface area contributed by atoms with E-state index in [1.54, 1.807) is 0 Å². The minimum Gasteiger partial charge on any atom is -0.355 e. The van der Waals surface area contributed by atoms with Gasteiger partial charge < -0.3 is 15.3 Å². The molecule has 3 aliphatic heterocycles. The van der Waals surface area contributed by atoms with Gasteiger partial charge in [0, 0.05) is 45.1 Å². The largest absolute Gasteiger partial charge is 0.355 e. The molecule has 0 amide bonds. The number of aliphatic imine (C=N–C) groups is 1. The lowest BCUT2D eigenvalue weighted by molar-refractivity contribution is 1.11. The monoisotopic (exact) mass is 352 g/mol. The zero-order chi connectivity index (χ0) is 16.8. The molecule has 5 nitrogen and oxygen atoms in total. The second-order valence-corrected chi connectivity index (χ2v) is 6.16. The Morgan fingerprint density at radius 1 is 0.769 bits per heavy atom. The SMILES string of the molecule is N=C1C=C2C=c3ccc([nH]3)=Cc3ccc([nH]3)C=C3C=CC(=N3)C=C1N2.[Al]. The number of allylic oxidation sites excluding steroid dienone is 5. The van der Waals surface area contributed by atoms with Crippen molar-refractivity contribution in [1.29, 1.82) is 5.41 Å². The van der Waals surface area contributed by atoms with E-state index >= 15 is 0 Å². The molecule has 3 radical (unpaired) electrons. The van der Waals surface area contributed by atoms with Gasteiger partial charge in [-0.15, -0.1) is 0 Å². The van der Waals surface area contributed by atoms with Crippen LogP contribution in [-0.4, -0.2) is 38.8 Å². The van der Waals surface area contributed by atoms with E-state index in [0.29, 0.717) is 5.71 Å². The Balaban J connectivity index is 0.00000168. The average Bonchev–Trinajstić information content (AvgIpc) is 3.33. The first-order valence-corrected chi connectivity index (χ1v) is 8.07. The molecule has 0 aliphatic carbocycles. The summed E-state index contributed by atoms with van der Waals surface area (Å²) in [6.45, 7) is 0. The fourth-order valence-corrected chi connectivity index (χ4v) is 3.08. The van der Waals surface area contributed by atoms with Gasteiger partial charge in [0.15, 0.2) is 0 Å². The first-order chi connectivity index (χ1) is 12.2. The summed E-state index contributed by atoms with van der Waals surface area (Å²) in [7, 11) is 0. The van der Waals surface area contributed by atoms with Crippen molar-refractivity contribution in [2.24, 2.45) is 4.99 Å². The number of H-pyrrole nitrogens is 2. The highest BCUT2D eigenvalue weighted by Gasteiger charge is 2.14. The van der Waals surface area contributed by atoms with Crippen molar-refractivity contribution < 1.29 is 0 Å². The third kappa shape index (κ3) is 3.08. The Bertz CT molecular complexity index is 1180. The van der Waals surface area contributed by atoms with Gasteiger partial charge in [0.2, 0.25) is 0 Å². The van der Waals surface area contributed by atoms with E-state index in [1.807, 2.05) is 60.7 Å². The maximum atomic E-state index is 8.15. The molecule has 0 spiro atoms. The van der Waals surface area contributed by atoms with Gasteiger partial charge in [0.05, 0.1) is 22.8 Å². The molecule has 0 saturated heterocycles. The van der Waals surface area contributed by atoms with Crippen molar-refractivity contribution in [3.63, 3.8) is 0 Å². The number of rotatable bonds is 0. The molecular formula is C20H15AlN5. The number of nitrogens with zero attached hydrogens (tertiary/aromatic N) is 1. The molecule has 0 fully saturated rings. The number of fused-ring (bicyclic) bond motifs is 7. The zero-order valence-electron chi connectivity index (χ0n) is 13.9. The van der Waals surface area contributed by atoms with E-state index in [-0.39, 0.29) is 17.4 Å². The number of hydrogen-bond donors (Lipinski definition) is 4. The third-order valence-electron chi connectivity index (χ3n) is 4.23. The van der Waals surface area contributed by atoms with Crippen LogP contribution >= 0.6 is 0 Å². The standard InChI is InChI=1S/C20H15N5.Al/c21-19-10-18-9-16-4-3-14(23-16)7-12-1-2-13(22-12)8-15-5-6-17(24-15)11-20(19)25-18;/h1-11,21-23,25H;. The van der Waals surface area contributed by atoms with Crippen molar-refractivity contribution >= 4 is 47.0 Å². The smallest absolute Gasteiger partial charge is 0.0796 e. The predicted octanol–water partition coefficient (Wildman–Crippen LogP) is 1.33. The summed E-state index contributed by atoms with van der Waals surface area (Å²) in [6, 6.07) is 8.15. The Morgan fingerprint density at radius 2 is 1.54 bits per heavy atom. The van der Waals surface area contributed by atoms with Gasteiger partial charge in [-0.3, -0.25) is 5.41 Å². The van der Waals surface area contributed by atoms with Crippen LogP contribution in [0.3, 0.4) is 0 Å². The molecule has 2 aromatic heterocycles. The second-order valence-electron chi connectivity index (χ2n) is 6.16. The summed E-state index contributed by atoms with van der Waals surface area (Å²) in [4.78, 5) is 11.3. The topological polar surface area (TPSA) is 79.8 Å². The molecule has 8 bridgehead atoms. The Labute approximate surface area is 160 Å². The van der Waals surface area contributed by atoms with Crippen LogP contribution in [0.2, 0.25) is 0 Å². The van der Waals surface area contributed by atoms with Gasteiger partial charge in [-0.25, -0.2) is 4.99 Å². The van der Waals surface area contributed by atoms with E-state index < -0.39 is 0 Å². The Morgan fingerprint density at radius 3 is 2.38 bits per heavy atom. The van der Waals surface area contributed by atoms with Crippen LogP contribution < -0.4 is 16.0 Å². The van der Waals surface area contributed by atoms with Crippen LogP contribution in [0.15, 0.2) is 70.7 Å². The van der Waals surface area contributed by atoms with Gasteiger partial charge in [0.1, 0.15) is 0 Å². The van der Waals surface area contributed by atoms with Crippen LogP contribution in [0.25, 0.3) is 18.2 Å². The van der Waals surface area contributed by atoms with Crippen molar-refractivity contribution in [2.75, 3.05) is 0 Å². The predicted molar refractivity (Wildman–Crippen MR) is 106 cm³/mol. The van der Waals surface area contributed by atoms with Gasteiger partial charge >= 0.3 is 0 Å². The maximum absolute atomic E-state index is 8.15. The molecule has 0 aromatic carbocycles. The molecule has 0 saturated carbocycles. The summed E-state index contributed by atoms with van der Waals surface area (Å²) >= 11 is 0. The third-order valence-corrected chi connectivity index (χ3v) is 4.23. The molecule has 3 aliphatic rings. The highest BCUT2D eigenvalue weighted by Crippen LogP contribution is 2.17. The van der Waals surface area contributed by atoms with Crippen LogP contribution in [0.4, 0.5) is 0 Å². The van der Waals surface area contributed by atoms with Gasteiger partial charge in [0.25, 0.3) is 0 Å². The van der Waals surface area contributed by atoms with Crippen LogP contribution in [0, 0.1) is 5.41 Å². The van der Waals surface area contributed by atoms with Crippen LogP contribution in [0.5, 0.6) is 0 Å². The lowest BCUT2D eigenvalue weighted by Crippen LogP contribution is -2.14. The second kappa shape index (κ2) is 6.34. The lowest BCUT2D eigenvalue weighted by Gasteiger charge is -2.01. The summed E-state index contributed by atoms with van der Waals surface area (Å²) < 4.78 is 0. The van der Waals surface area contributed by atoms with E-state index in [9.17, 15) is 0 Å². The Kier molecular flexibility index (Phi) is 4.00. The quantitative estimate of drug-likeness (QED) is 0.530. The summed E-state index contributed by atoms with van der Waals surface area (Å²) in [5, 5.41) is 13.4. The van der Waals surface area contributed by atoms with Gasteiger partial charge in [-0.05, 0) is 66.8 Å². The van der Waals surface area contributed by atoms with Crippen molar-refractivity contribution in [2.45, 2.75) is 0 Å². The lowest BCUT2D eigenvalue weighted by atomic mass is 10.2. The number of nitrogens with one attached hydrogen (secondary N) is 4. The molecule has 4 N–H and O–H groups in total. The van der Waals surface area contributed by atoms with E-state index in [2.05, 4.69) is 26.4 Å². The highest BCUT2D eigenvalue weighted by atomic mass is 27.0. The number of hydrogen-bond acceptors (Lipinski definition) is 3. The highest BCUT2D eigenvalue weighted by molar-refractivity contribution is 6.17. The average molecular weight is 352 g/mol. The molecule has 0 atom stereocenters.